The molecule has 1 atom stereocenters. The van der Waals surface area contributed by atoms with Gasteiger partial charge >= 0.3 is 24.6 Å². The quantitative estimate of drug-likeness (QED) is 0.566. The lowest BCUT2D eigenvalue weighted by molar-refractivity contribution is -0.365. The summed E-state index contributed by atoms with van der Waals surface area (Å²) in [6.45, 7) is 0. The van der Waals surface area contributed by atoms with E-state index in [9.17, 15) is 39.5 Å². The SMILES string of the molecule is FC(F)C(F)(F)OC(Cl)C(F)(F)C(F)(F)F. The van der Waals surface area contributed by atoms with Gasteiger partial charge in [0.25, 0.3) is 0 Å². The Kier molecular flexibility index (Phi) is 4.37. The predicted octanol–water partition coefficient (Wildman–Crippen LogP) is 3.62. The standard InChI is InChI=1S/C5H2ClF9O/c6-1(3(9,10)5(13,14)15)16-4(11,12)2(7)8/h1-2H. The molecule has 98 valence electrons. The molecule has 0 amide bonds. The first-order chi connectivity index (χ1) is 6.82. The molecule has 0 aromatic carbocycles. The molecule has 0 aliphatic rings. The molecule has 1 unspecified atom stereocenters. The first-order valence-electron chi connectivity index (χ1n) is 3.24. The van der Waals surface area contributed by atoms with Crippen molar-refractivity contribution in [2.75, 3.05) is 0 Å². The lowest BCUT2D eigenvalue weighted by atomic mass is 10.3. The third-order valence-electron chi connectivity index (χ3n) is 1.18. The summed E-state index contributed by atoms with van der Waals surface area (Å²) < 4.78 is 108. The molecule has 11 heteroatoms. The van der Waals surface area contributed by atoms with E-state index in [-0.39, 0.29) is 0 Å². The molecule has 0 N–H and O–H groups in total. The molecule has 0 aliphatic carbocycles. The molecule has 0 spiro atoms. The molecule has 0 saturated heterocycles. The monoisotopic (exact) mass is 284 g/mol. The Morgan fingerprint density at radius 2 is 1.25 bits per heavy atom. The van der Waals surface area contributed by atoms with Crippen LogP contribution in [0.1, 0.15) is 0 Å². The van der Waals surface area contributed by atoms with Crippen molar-refractivity contribution in [1.82, 2.24) is 0 Å². The van der Waals surface area contributed by atoms with Gasteiger partial charge in [-0.05, 0) is 0 Å². The van der Waals surface area contributed by atoms with Crippen LogP contribution in [0.3, 0.4) is 0 Å². The molecule has 0 aromatic rings. The Morgan fingerprint density at radius 3 is 1.50 bits per heavy atom. The fourth-order valence-electron chi connectivity index (χ4n) is 0.392. The summed E-state index contributed by atoms with van der Waals surface area (Å²) in [5.74, 6) is -5.88. The van der Waals surface area contributed by atoms with Crippen molar-refractivity contribution in [3.63, 3.8) is 0 Å². The van der Waals surface area contributed by atoms with Crippen LogP contribution in [0.4, 0.5) is 39.5 Å². The van der Waals surface area contributed by atoms with Gasteiger partial charge in [-0.2, -0.15) is 30.7 Å². The maximum Gasteiger partial charge on any atom is 0.457 e. The van der Waals surface area contributed by atoms with Gasteiger partial charge < -0.3 is 0 Å². The van der Waals surface area contributed by atoms with Gasteiger partial charge in [-0.15, -0.1) is 0 Å². The first kappa shape index (κ1) is 15.6. The van der Waals surface area contributed by atoms with Crippen LogP contribution in [0.2, 0.25) is 0 Å². The molecule has 0 heterocycles. The summed E-state index contributed by atoms with van der Waals surface area (Å²) in [6.07, 6.45) is -16.4. The lowest BCUT2D eigenvalue weighted by Gasteiger charge is -2.27. The van der Waals surface area contributed by atoms with Gasteiger partial charge in [-0.3, -0.25) is 4.74 Å². The van der Waals surface area contributed by atoms with E-state index in [1.54, 1.807) is 0 Å². The molecule has 0 aromatic heterocycles. The zero-order chi connectivity index (χ0) is 13.4. The average molecular weight is 285 g/mol. The van der Waals surface area contributed by atoms with Gasteiger partial charge in [-0.25, -0.2) is 8.78 Å². The Morgan fingerprint density at radius 1 is 0.875 bits per heavy atom. The van der Waals surface area contributed by atoms with Crippen molar-refractivity contribution < 1.29 is 44.3 Å². The van der Waals surface area contributed by atoms with E-state index in [4.69, 9.17) is 0 Å². The highest BCUT2D eigenvalue weighted by atomic mass is 35.5. The molecular formula is C5H2ClF9O. The molecule has 0 fully saturated rings. The second kappa shape index (κ2) is 4.47. The number of ether oxygens (including phenoxy) is 1. The fraction of sp³-hybridized carbons (Fsp3) is 1.00. The van der Waals surface area contributed by atoms with Crippen LogP contribution < -0.4 is 0 Å². The topological polar surface area (TPSA) is 9.23 Å². The largest absolute Gasteiger partial charge is 0.457 e. The Bertz CT molecular complexity index is 237. The van der Waals surface area contributed by atoms with Crippen LogP contribution in [0.15, 0.2) is 0 Å². The van der Waals surface area contributed by atoms with Crippen LogP contribution in [-0.2, 0) is 4.74 Å². The minimum Gasteiger partial charge on any atom is -0.289 e. The van der Waals surface area contributed by atoms with Crippen LogP contribution in [0.5, 0.6) is 0 Å². The first-order valence-corrected chi connectivity index (χ1v) is 3.68. The Balaban J connectivity index is 4.78. The fourth-order valence-corrected chi connectivity index (χ4v) is 0.635. The molecule has 0 saturated carbocycles. The van der Waals surface area contributed by atoms with E-state index >= 15 is 0 Å². The van der Waals surface area contributed by atoms with Gasteiger partial charge in [0.15, 0.2) is 0 Å². The molecule has 0 aliphatic heterocycles. The van der Waals surface area contributed by atoms with E-state index < -0.39 is 30.2 Å². The summed E-state index contributed by atoms with van der Waals surface area (Å²) in [5, 5.41) is 0. The Hall–Kier alpha value is -0.380. The van der Waals surface area contributed by atoms with Gasteiger partial charge in [0.2, 0.25) is 5.56 Å². The van der Waals surface area contributed by atoms with Crippen molar-refractivity contribution in [2.45, 2.75) is 30.2 Å². The molecular weight excluding hydrogens is 282 g/mol. The summed E-state index contributed by atoms with van der Waals surface area (Å²) >= 11 is 4.18. The van der Waals surface area contributed by atoms with E-state index in [1.807, 2.05) is 0 Å². The molecule has 16 heavy (non-hydrogen) atoms. The summed E-state index contributed by atoms with van der Waals surface area (Å²) in [7, 11) is 0. The van der Waals surface area contributed by atoms with E-state index in [0.717, 1.165) is 0 Å². The number of hydrogen-bond acceptors (Lipinski definition) is 1. The van der Waals surface area contributed by atoms with Gasteiger partial charge in [0, 0.05) is 0 Å². The third kappa shape index (κ3) is 3.30. The maximum absolute atomic E-state index is 12.2. The number of hydrogen-bond donors (Lipinski definition) is 0. The van der Waals surface area contributed by atoms with Gasteiger partial charge in [0.05, 0.1) is 0 Å². The summed E-state index contributed by atoms with van der Waals surface area (Å²) in [6, 6.07) is 0. The highest BCUT2D eigenvalue weighted by Gasteiger charge is 2.65. The van der Waals surface area contributed by atoms with Crippen LogP contribution in [0, 0.1) is 0 Å². The van der Waals surface area contributed by atoms with E-state index in [1.165, 1.54) is 0 Å². The normalized spacial score (nSPS) is 16.7. The van der Waals surface area contributed by atoms with Crippen molar-refractivity contribution in [1.29, 1.82) is 0 Å². The highest BCUT2D eigenvalue weighted by Crippen LogP contribution is 2.43. The van der Waals surface area contributed by atoms with Crippen LogP contribution in [-0.4, -0.2) is 30.2 Å². The Labute approximate surface area is 87.1 Å². The summed E-state index contributed by atoms with van der Waals surface area (Å²) in [4.78, 5) is 0. The predicted molar refractivity (Wildman–Crippen MR) is 32.7 cm³/mol. The molecule has 0 bridgehead atoms. The third-order valence-corrected chi connectivity index (χ3v) is 1.54. The number of alkyl halides is 10. The van der Waals surface area contributed by atoms with Gasteiger partial charge in [0.1, 0.15) is 0 Å². The van der Waals surface area contributed by atoms with Gasteiger partial charge in [-0.1, -0.05) is 11.6 Å². The zero-order valence-corrected chi connectivity index (χ0v) is 7.60. The lowest BCUT2D eigenvalue weighted by Crippen LogP contribution is -2.49. The van der Waals surface area contributed by atoms with Crippen LogP contribution in [0.25, 0.3) is 0 Å². The summed E-state index contributed by atoms with van der Waals surface area (Å²) in [5.41, 5.74) is -3.96. The molecule has 1 nitrogen and oxygen atoms in total. The van der Waals surface area contributed by atoms with Crippen LogP contribution >= 0.6 is 11.6 Å². The minimum absolute atomic E-state index is 2.50. The van der Waals surface area contributed by atoms with Crippen molar-refractivity contribution in [3.05, 3.63) is 0 Å². The second-order valence-corrected chi connectivity index (χ2v) is 2.81. The van der Waals surface area contributed by atoms with E-state index in [0.29, 0.717) is 0 Å². The molecule has 0 radical (unpaired) electrons. The number of rotatable bonds is 4. The smallest absolute Gasteiger partial charge is 0.289 e. The average Bonchev–Trinajstić information content (AvgIpc) is 2.00. The van der Waals surface area contributed by atoms with Crippen molar-refractivity contribution in [2.24, 2.45) is 0 Å². The molecule has 0 rings (SSSR count). The van der Waals surface area contributed by atoms with E-state index in [2.05, 4.69) is 16.3 Å². The van der Waals surface area contributed by atoms with Crippen molar-refractivity contribution in [3.8, 4) is 0 Å². The highest BCUT2D eigenvalue weighted by molar-refractivity contribution is 6.20. The maximum atomic E-state index is 12.2. The number of halogens is 10. The minimum atomic E-state index is -6.29. The van der Waals surface area contributed by atoms with Crippen molar-refractivity contribution >= 4 is 11.6 Å². The second-order valence-electron chi connectivity index (χ2n) is 2.42. The zero-order valence-electron chi connectivity index (χ0n) is 6.84.